The molecule has 5 nitrogen and oxygen atoms in total. The van der Waals surface area contributed by atoms with E-state index >= 15 is 0 Å². The predicted octanol–water partition coefficient (Wildman–Crippen LogP) is 4.16. The van der Waals surface area contributed by atoms with E-state index in [2.05, 4.69) is 5.32 Å². The second-order valence-corrected chi connectivity index (χ2v) is 8.31. The minimum Gasteiger partial charge on any atom is -0.324 e. The summed E-state index contributed by atoms with van der Waals surface area (Å²) < 4.78 is 40.0. The zero-order chi connectivity index (χ0) is 20.3. The van der Waals surface area contributed by atoms with Gasteiger partial charge in [-0.25, -0.2) is 12.8 Å². The van der Waals surface area contributed by atoms with Crippen molar-refractivity contribution >= 4 is 38.1 Å². The van der Waals surface area contributed by atoms with Gasteiger partial charge in [0.1, 0.15) is 11.9 Å². The van der Waals surface area contributed by atoms with E-state index in [1.165, 1.54) is 24.3 Å². The molecule has 0 saturated heterocycles. The van der Waals surface area contributed by atoms with Crippen molar-refractivity contribution in [1.82, 2.24) is 0 Å². The second kappa shape index (κ2) is 7.98. The number of anilines is 2. The fourth-order valence-electron chi connectivity index (χ4n) is 3.22. The monoisotopic (exact) mass is 400 g/mol. The van der Waals surface area contributed by atoms with E-state index in [-0.39, 0.29) is 12.1 Å². The number of halogens is 1. The number of fused-ring (bicyclic) bond motifs is 1. The Kier molecular flexibility index (Phi) is 5.65. The molecule has 0 aliphatic rings. The lowest BCUT2D eigenvalue weighted by molar-refractivity contribution is -0.117. The van der Waals surface area contributed by atoms with Crippen LogP contribution in [0.15, 0.2) is 66.7 Å². The number of para-hydroxylation sites is 1. The maximum absolute atomic E-state index is 14.3. The van der Waals surface area contributed by atoms with Crippen LogP contribution >= 0.6 is 0 Å². The molecular weight excluding hydrogens is 379 g/mol. The summed E-state index contributed by atoms with van der Waals surface area (Å²) in [6.07, 6.45) is 1.14. The Bertz CT molecular complexity index is 1110. The number of amides is 1. The Morgan fingerprint density at radius 2 is 1.68 bits per heavy atom. The molecule has 0 bridgehead atoms. The maximum atomic E-state index is 14.3. The van der Waals surface area contributed by atoms with Gasteiger partial charge in [-0.15, -0.1) is 0 Å². The molecule has 146 valence electrons. The van der Waals surface area contributed by atoms with Crippen molar-refractivity contribution in [3.63, 3.8) is 0 Å². The number of hydrogen-bond donors (Lipinski definition) is 1. The molecule has 1 N–H and O–H groups in total. The molecule has 0 aliphatic heterocycles. The van der Waals surface area contributed by atoms with Gasteiger partial charge < -0.3 is 5.32 Å². The van der Waals surface area contributed by atoms with E-state index in [0.29, 0.717) is 5.69 Å². The van der Waals surface area contributed by atoms with Crippen LogP contribution in [0.4, 0.5) is 15.8 Å². The molecule has 1 atom stereocenters. The number of benzene rings is 3. The highest BCUT2D eigenvalue weighted by atomic mass is 32.2. The summed E-state index contributed by atoms with van der Waals surface area (Å²) in [5.74, 6) is -1.23. The SMILES string of the molecule is CC[C@@H](C(=O)Nc1cccc2ccccc12)N(c1ccccc1F)S(C)(=O)=O. The maximum Gasteiger partial charge on any atom is 0.248 e. The van der Waals surface area contributed by atoms with Crippen LogP contribution in [0.25, 0.3) is 10.8 Å². The van der Waals surface area contributed by atoms with Gasteiger partial charge in [-0.05, 0) is 30.0 Å². The standard InChI is InChI=1S/C21H21FN2O3S/c1-3-19(24(28(2,26)27)20-14-7-6-12-17(20)22)21(25)23-18-13-8-10-15-9-4-5-11-16(15)18/h4-14,19H,3H2,1-2H3,(H,23,25)/t19-/m0/s1. The zero-order valence-electron chi connectivity index (χ0n) is 15.6. The number of nitrogens with one attached hydrogen (secondary N) is 1. The normalized spacial score (nSPS) is 12.5. The van der Waals surface area contributed by atoms with Gasteiger partial charge in [0.25, 0.3) is 0 Å². The molecule has 28 heavy (non-hydrogen) atoms. The molecule has 3 aromatic rings. The van der Waals surface area contributed by atoms with Crippen molar-refractivity contribution in [1.29, 1.82) is 0 Å². The average Bonchev–Trinajstić information content (AvgIpc) is 2.66. The van der Waals surface area contributed by atoms with Gasteiger partial charge >= 0.3 is 0 Å². The van der Waals surface area contributed by atoms with Crippen LogP contribution < -0.4 is 9.62 Å². The number of sulfonamides is 1. The topological polar surface area (TPSA) is 66.5 Å². The number of hydrogen-bond acceptors (Lipinski definition) is 3. The number of carbonyl (C=O) groups excluding carboxylic acids is 1. The largest absolute Gasteiger partial charge is 0.324 e. The molecule has 0 radical (unpaired) electrons. The summed E-state index contributed by atoms with van der Waals surface area (Å²) in [7, 11) is -3.90. The minimum absolute atomic E-state index is 0.148. The van der Waals surface area contributed by atoms with Crippen LogP contribution in [0.5, 0.6) is 0 Å². The fourth-order valence-corrected chi connectivity index (χ4v) is 4.43. The van der Waals surface area contributed by atoms with E-state index in [0.717, 1.165) is 21.3 Å². The number of carbonyl (C=O) groups is 1. The van der Waals surface area contributed by atoms with Crippen molar-refractivity contribution in [2.45, 2.75) is 19.4 Å². The number of rotatable bonds is 6. The van der Waals surface area contributed by atoms with Crippen LogP contribution in [0.2, 0.25) is 0 Å². The highest BCUT2D eigenvalue weighted by Crippen LogP contribution is 2.27. The zero-order valence-corrected chi connectivity index (χ0v) is 16.4. The first-order valence-electron chi connectivity index (χ1n) is 8.85. The first kappa shape index (κ1) is 19.8. The molecule has 0 saturated carbocycles. The number of nitrogens with zero attached hydrogens (tertiary/aromatic N) is 1. The van der Waals surface area contributed by atoms with E-state index in [9.17, 15) is 17.6 Å². The summed E-state index contributed by atoms with van der Waals surface area (Å²) in [6.45, 7) is 1.69. The van der Waals surface area contributed by atoms with Gasteiger partial charge in [0.15, 0.2) is 0 Å². The van der Waals surface area contributed by atoms with E-state index in [4.69, 9.17) is 0 Å². The molecular formula is C21H21FN2O3S. The summed E-state index contributed by atoms with van der Waals surface area (Å²) in [5.41, 5.74) is 0.424. The van der Waals surface area contributed by atoms with Gasteiger partial charge in [0.2, 0.25) is 15.9 Å². The summed E-state index contributed by atoms with van der Waals surface area (Å²) >= 11 is 0. The molecule has 0 fully saturated rings. The van der Waals surface area contributed by atoms with Crippen LogP contribution in [-0.4, -0.2) is 26.6 Å². The highest BCUT2D eigenvalue weighted by molar-refractivity contribution is 7.92. The van der Waals surface area contributed by atoms with Crippen molar-refractivity contribution in [3.05, 3.63) is 72.5 Å². The van der Waals surface area contributed by atoms with Crippen LogP contribution in [0.1, 0.15) is 13.3 Å². The Morgan fingerprint density at radius 3 is 2.36 bits per heavy atom. The Morgan fingerprint density at radius 1 is 1.04 bits per heavy atom. The summed E-state index contributed by atoms with van der Waals surface area (Å²) in [5, 5.41) is 4.59. The van der Waals surface area contributed by atoms with Gasteiger partial charge in [-0.3, -0.25) is 9.10 Å². The molecule has 0 spiro atoms. The average molecular weight is 400 g/mol. The molecule has 3 aromatic carbocycles. The van der Waals surface area contributed by atoms with Crippen LogP contribution in [0, 0.1) is 5.82 Å². The third kappa shape index (κ3) is 3.99. The van der Waals surface area contributed by atoms with Crippen molar-refractivity contribution in [2.24, 2.45) is 0 Å². The lowest BCUT2D eigenvalue weighted by Gasteiger charge is -2.30. The Balaban J connectivity index is 2.00. The molecule has 7 heteroatoms. The van der Waals surface area contributed by atoms with Crippen molar-refractivity contribution in [3.8, 4) is 0 Å². The van der Waals surface area contributed by atoms with Crippen molar-refractivity contribution < 1.29 is 17.6 Å². The lowest BCUT2D eigenvalue weighted by atomic mass is 10.1. The van der Waals surface area contributed by atoms with Crippen LogP contribution in [-0.2, 0) is 14.8 Å². The minimum atomic E-state index is -3.90. The summed E-state index contributed by atoms with van der Waals surface area (Å²) in [6, 6.07) is 17.5. The molecule has 1 amide bonds. The quantitative estimate of drug-likeness (QED) is 0.676. The first-order chi connectivity index (χ1) is 13.3. The summed E-state index contributed by atoms with van der Waals surface area (Å²) in [4.78, 5) is 13.0. The third-order valence-corrected chi connectivity index (χ3v) is 5.63. The van der Waals surface area contributed by atoms with E-state index in [1.54, 1.807) is 13.0 Å². The molecule has 0 unspecified atom stereocenters. The molecule has 3 rings (SSSR count). The van der Waals surface area contributed by atoms with E-state index < -0.39 is 27.8 Å². The predicted molar refractivity (Wildman–Crippen MR) is 110 cm³/mol. The van der Waals surface area contributed by atoms with E-state index in [1.807, 2.05) is 36.4 Å². The highest BCUT2D eigenvalue weighted by Gasteiger charge is 2.33. The van der Waals surface area contributed by atoms with Gasteiger partial charge in [0.05, 0.1) is 11.9 Å². The van der Waals surface area contributed by atoms with Crippen LogP contribution in [0.3, 0.4) is 0 Å². The van der Waals surface area contributed by atoms with Crippen molar-refractivity contribution in [2.75, 3.05) is 15.9 Å². The smallest absolute Gasteiger partial charge is 0.248 e. The molecule has 0 heterocycles. The van der Waals surface area contributed by atoms with Gasteiger partial charge in [0, 0.05) is 11.1 Å². The Labute approximate surface area is 163 Å². The fraction of sp³-hybridized carbons (Fsp3) is 0.190. The third-order valence-electron chi connectivity index (χ3n) is 4.47. The second-order valence-electron chi connectivity index (χ2n) is 6.45. The molecule has 0 aliphatic carbocycles. The molecule has 0 aromatic heterocycles. The lowest BCUT2D eigenvalue weighted by Crippen LogP contribution is -2.47. The van der Waals surface area contributed by atoms with Gasteiger partial charge in [-0.2, -0.15) is 0 Å². The van der Waals surface area contributed by atoms with Gasteiger partial charge in [-0.1, -0.05) is 55.5 Å². The first-order valence-corrected chi connectivity index (χ1v) is 10.7. The Hall–Kier alpha value is -2.93.